The van der Waals surface area contributed by atoms with E-state index in [0.29, 0.717) is 41.1 Å². The van der Waals surface area contributed by atoms with Gasteiger partial charge in [-0.3, -0.25) is 9.59 Å². The Morgan fingerprint density at radius 3 is 2.74 bits per heavy atom. The van der Waals surface area contributed by atoms with E-state index in [0.717, 1.165) is 5.56 Å². The lowest BCUT2D eigenvalue weighted by atomic mass is 9.98. The molecule has 2 heterocycles. The predicted octanol–water partition coefficient (Wildman–Crippen LogP) is 4.03. The molecule has 0 fully saturated rings. The van der Waals surface area contributed by atoms with Crippen molar-refractivity contribution in [1.29, 1.82) is 0 Å². The second kappa shape index (κ2) is 7.18. The first-order valence-electron chi connectivity index (χ1n) is 8.73. The molecule has 0 unspecified atom stereocenters. The largest absolute Gasteiger partial charge is 0.450 e. The number of hydrogen-bond acceptors (Lipinski definition) is 4. The van der Waals surface area contributed by atoms with E-state index in [-0.39, 0.29) is 17.1 Å². The van der Waals surface area contributed by atoms with E-state index in [2.05, 4.69) is 0 Å². The van der Waals surface area contributed by atoms with Gasteiger partial charge in [-0.25, -0.2) is 0 Å². The van der Waals surface area contributed by atoms with Gasteiger partial charge in [-0.1, -0.05) is 35.9 Å². The van der Waals surface area contributed by atoms with Crippen molar-refractivity contribution >= 4 is 28.5 Å². The number of rotatable bonds is 5. The molecule has 1 aliphatic heterocycles. The topological polar surface area (TPSA) is 59.8 Å². The van der Waals surface area contributed by atoms with Crippen molar-refractivity contribution in [1.82, 2.24) is 4.90 Å². The minimum Gasteiger partial charge on any atom is -0.450 e. The van der Waals surface area contributed by atoms with Crippen LogP contribution in [0.1, 0.15) is 34.1 Å². The van der Waals surface area contributed by atoms with Crippen molar-refractivity contribution in [3.05, 3.63) is 80.7 Å². The summed E-state index contributed by atoms with van der Waals surface area (Å²) in [6.45, 7) is 0.968. The molecule has 138 valence electrons. The summed E-state index contributed by atoms with van der Waals surface area (Å²) in [5.74, 6) is -0.171. The van der Waals surface area contributed by atoms with Crippen LogP contribution in [0.25, 0.3) is 11.0 Å². The number of benzene rings is 2. The minimum absolute atomic E-state index is 0.112. The SMILES string of the molecule is COCCCN1C(=O)c2oc3ccccc3c(=O)c2[C@H]1c1cccc(Cl)c1. The maximum atomic E-state index is 13.2. The fourth-order valence-electron chi connectivity index (χ4n) is 3.60. The number of methoxy groups -OCH3 is 1. The van der Waals surface area contributed by atoms with Gasteiger partial charge in [0.1, 0.15) is 5.58 Å². The van der Waals surface area contributed by atoms with E-state index in [4.69, 9.17) is 20.8 Å². The van der Waals surface area contributed by atoms with Crippen LogP contribution in [-0.2, 0) is 4.74 Å². The molecule has 1 atom stereocenters. The van der Waals surface area contributed by atoms with Gasteiger partial charge in [0.05, 0.1) is 17.0 Å². The Hall–Kier alpha value is -2.63. The van der Waals surface area contributed by atoms with Gasteiger partial charge in [-0.2, -0.15) is 0 Å². The Balaban J connectivity index is 1.92. The van der Waals surface area contributed by atoms with Crippen LogP contribution in [0.3, 0.4) is 0 Å². The summed E-state index contributed by atoms with van der Waals surface area (Å²) in [6.07, 6.45) is 0.654. The Morgan fingerprint density at radius 1 is 1.15 bits per heavy atom. The molecular formula is C21H18ClNO4. The third-order valence-electron chi connectivity index (χ3n) is 4.79. The molecule has 1 aromatic heterocycles. The number of carbonyl (C=O) groups excluding carboxylic acids is 1. The summed E-state index contributed by atoms with van der Waals surface area (Å²) in [4.78, 5) is 28.0. The number of fused-ring (bicyclic) bond motifs is 2. The number of halogens is 1. The number of carbonyl (C=O) groups is 1. The first kappa shape index (κ1) is 17.8. The third kappa shape index (κ3) is 3.03. The Labute approximate surface area is 161 Å². The molecule has 0 N–H and O–H groups in total. The molecule has 6 heteroatoms. The fraction of sp³-hybridized carbons (Fsp3) is 0.238. The van der Waals surface area contributed by atoms with E-state index >= 15 is 0 Å². The zero-order valence-electron chi connectivity index (χ0n) is 14.8. The number of amides is 1. The monoisotopic (exact) mass is 383 g/mol. The van der Waals surface area contributed by atoms with Crippen LogP contribution < -0.4 is 5.43 Å². The highest BCUT2D eigenvalue weighted by Crippen LogP contribution is 2.38. The van der Waals surface area contributed by atoms with Gasteiger partial charge >= 0.3 is 0 Å². The van der Waals surface area contributed by atoms with E-state index < -0.39 is 6.04 Å². The van der Waals surface area contributed by atoms with Crippen LogP contribution in [0, 0.1) is 0 Å². The third-order valence-corrected chi connectivity index (χ3v) is 5.02. The molecular weight excluding hydrogens is 366 g/mol. The average Bonchev–Trinajstić information content (AvgIpc) is 2.95. The van der Waals surface area contributed by atoms with Gasteiger partial charge in [0.2, 0.25) is 5.76 Å². The minimum atomic E-state index is -0.524. The van der Waals surface area contributed by atoms with Gasteiger partial charge in [-0.15, -0.1) is 0 Å². The zero-order valence-corrected chi connectivity index (χ0v) is 15.5. The summed E-state index contributed by atoms with van der Waals surface area (Å²) < 4.78 is 11.0. The first-order chi connectivity index (χ1) is 13.1. The van der Waals surface area contributed by atoms with Gasteiger partial charge < -0.3 is 14.1 Å². The summed E-state index contributed by atoms with van der Waals surface area (Å²) >= 11 is 6.17. The van der Waals surface area contributed by atoms with Crippen LogP contribution in [0.15, 0.2) is 57.7 Å². The zero-order chi connectivity index (χ0) is 19.0. The molecule has 0 aliphatic carbocycles. The molecule has 1 amide bonds. The van der Waals surface area contributed by atoms with E-state index in [9.17, 15) is 9.59 Å². The van der Waals surface area contributed by atoms with Crippen LogP contribution in [0.2, 0.25) is 5.02 Å². The quantitative estimate of drug-likeness (QED) is 0.624. The average molecular weight is 384 g/mol. The van der Waals surface area contributed by atoms with Gasteiger partial charge in [0.25, 0.3) is 5.91 Å². The highest BCUT2D eigenvalue weighted by atomic mass is 35.5. The molecule has 0 saturated heterocycles. The summed E-state index contributed by atoms with van der Waals surface area (Å²) in [5, 5.41) is 1.02. The van der Waals surface area contributed by atoms with Crippen LogP contribution in [-0.4, -0.2) is 31.1 Å². The lowest BCUT2D eigenvalue weighted by Crippen LogP contribution is -2.31. The molecule has 2 aromatic carbocycles. The Kier molecular flexibility index (Phi) is 4.72. The molecule has 0 saturated carbocycles. The number of ether oxygens (including phenoxy) is 1. The van der Waals surface area contributed by atoms with Crippen molar-refractivity contribution < 1.29 is 13.9 Å². The smallest absolute Gasteiger partial charge is 0.290 e. The number of hydrogen-bond donors (Lipinski definition) is 0. The standard InChI is InChI=1S/C21H18ClNO4/c1-26-11-5-10-23-18(13-6-4-7-14(22)12-13)17-19(24)15-8-2-3-9-16(15)27-20(17)21(23)25/h2-4,6-9,12,18H,5,10-11H2,1H3/t18-/m1/s1. The maximum absolute atomic E-state index is 13.2. The molecule has 0 bridgehead atoms. The maximum Gasteiger partial charge on any atom is 0.290 e. The molecule has 1 aliphatic rings. The van der Waals surface area contributed by atoms with E-state index in [1.807, 2.05) is 12.1 Å². The van der Waals surface area contributed by atoms with Crippen molar-refractivity contribution in [2.45, 2.75) is 12.5 Å². The van der Waals surface area contributed by atoms with E-state index in [1.165, 1.54) is 0 Å². The molecule has 27 heavy (non-hydrogen) atoms. The lowest BCUT2D eigenvalue weighted by Gasteiger charge is -2.25. The van der Waals surface area contributed by atoms with E-state index in [1.54, 1.807) is 48.4 Å². The van der Waals surface area contributed by atoms with Crippen molar-refractivity contribution in [3.63, 3.8) is 0 Å². The molecule has 3 aromatic rings. The van der Waals surface area contributed by atoms with Crippen LogP contribution in [0.4, 0.5) is 0 Å². The summed E-state index contributed by atoms with van der Waals surface area (Å²) in [7, 11) is 1.62. The fourth-order valence-corrected chi connectivity index (χ4v) is 3.80. The van der Waals surface area contributed by atoms with Crippen molar-refractivity contribution in [2.75, 3.05) is 20.3 Å². The Bertz CT molecular complexity index is 1080. The molecule has 4 rings (SSSR count). The molecule has 0 spiro atoms. The lowest BCUT2D eigenvalue weighted by molar-refractivity contribution is 0.0708. The predicted molar refractivity (Wildman–Crippen MR) is 103 cm³/mol. The number of nitrogens with zero attached hydrogens (tertiary/aromatic N) is 1. The van der Waals surface area contributed by atoms with Crippen molar-refractivity contribution in [3.8, 4) is 0 Å². The van der Waals surface area contributed by atoms with Gasteiger partial charge in [-0.05, 0) is 36.2 Å². The van der Waals surface area contributed by atoms with Crippen molar-refractivity contribution in [2.24, 2.45) is 0 Å². The van der Waals surface area contributed by atoms with Crippen LogP contribution >= 0.6 is 11.6 Å². The Morgan fingerprint density at radius 2 is 1.96 bits per heavy atom. The summed E-state index contributed by atoms with van der Waals surface area (Å²) in [6, 6.07) is 13.7. The normalized spacial score (nSPS) is 16.1. The van der Waals surface area contributed by atoms with Gasteiger partial charge in [0.15, 0.2) is 5.43 Å². The van der Waals surface area contributed by atoms with Crippen LogP contribution in [0.5, 0.6) is 0 Å². The highest BCUT2D eigenvalue weighted by molar-refractivity contribution is 6.30. The number of para-hydroxylation sites is 1. The van der Waals surface area contributed by atoms with Gasteiger partial charge in [0, 0.05) is 25.3 Å². The summed E-state index contributed by atoms with van der Waals surface area (Å²) in [5.41, 5.74) is 1.39. The molecule has 0 radical (unpaired) electrons. The second-order valence-corrected chi connectivity index (χ2v) is 6.91. The highest BCUT2D eigenvalue weighted by Gasteiger charge is 2.42. The first-order valence-corrected chi connectivity index (χ1v) is 9.10. The second-order valence-electron chi connectivity index (χ2n) is 6.47. The molecule has 5 nitrogen and oxygen atoms in total.